The summed E-state index contributed by atoms with van der Waals surface area (Å²) in [5, 5.41) is 7.76. The van der Waals surface area contributed by atoms with Gasteiger partial charge in [-0.25, -0.2) is 0 Å². The minimum Gasteiger partial charge on any atom is -0.292 e. The van der Waals surface area contributed by atoms with E-state index in [1.807, 2.05) is 13.8 Å². The van der Waals surface area contributed by atoms with E-state index < -0.39 is 0 Å². The lowest BCUT2D eigenvalue weighted by molar-refractivity contribution is -0.152. The Morgan fingerprint density at radius 3 is 2.17 bits per heavy atom. The van der Waals surface area contributed by atoms with Crippen LogP contribution in [0.15, 0.2) is 0 Å². The molecule has 6 heavy (non-hydrogen) atoms. The van der Waals surface area contributed by atoms with Gasteiger partial charge in [-0.15, -0.1) is 0 Å². The summed E-state index contributed by atoms with van der Waals surface area (Å²) in [6.45, 7) is 3.62. The van der Waals surface area contributed by atoms with Crippen molar-refractivity contribution in [2.45, 2.75) is 20.0 Å². The van der Waals surface area contributed by atoms with Gasteiger partial charge >= 0.3 is 0 Å². The van der Waals surface area contributed by atoms with Gasteiger partial charge in [-0.1, -0.05) is 5.64 Å². The topological polar surface area (TPSA) is 41.5 Å². The van der Waals surface area contributed by atoms with Crippen molar-refractivity contribution in [1.82, 2.24) is 5.64 Å². The summed E-state index contributed by atoms with van der Waals surface area (Å²) in [5.74, 6) is 0. The Hall–Kier alpha value is -0.120. The van der Waals surface area contributed by atoms with Gasteiger partial charge in [0.1, 0.15) is 0 Å². The Balaban J connectivity index is 2.63. The Kier molecular flexibility index (Phi) is 3.02. The maximum atomic E-state index is 7.76. The van der Waals surface area contributed by atoms with Gasteiger partial charge in [0.05, 0.1) is 6.10 Å². The van der Waals surface area contributed by atoms with Crippen molar-refractivity contribution >= 4 is 0 Å². The molecular weight excluding hydrogens is 82.0 g/mol. The summed E-state index contributed by atoms with van der Waals surface area (Å²) >= 11 is 0. The number of hydrogen-bond donors (Lipinski definition) is 2. The third-order valence-electron chi connectivity index (χ3n) is 0.288. The van der Waals surface area contributed by atoms with Gasteiger partial charge < -0.3 is 0 Å². The van der Waals surface area contributed by atoms with Crippen molar-refractivity contribution in [2.75, 3.05) is 0 Å². The first-order chi connectivity index (χ1) is 2.77. The Bertz CT molecular complexity index is 30.0. The molecule has 0 aromatic carbocycles. The van der Waals surface area contributed by atoms with Crippen LogP contribution < -0.4 is 5.64 Å². The molecule has 0 saturated heterocycles. The minimum absolute atomic E-state index is 0.0370. The van der Waals surface area contributed by atoms with Crippen LogP contribution in [-0.4, -0.2) is 11.3 Å². The van der Waals surface area contributed by atoms with Crippen LogP contribution in [0.3, 0.4) is 0 Å². The zero-order valence-electron chi connectivity index (χ0n) is 3.93. The Morgan fingerprint density at radius 2 is 2.17 bits per heavy atom. The first kappa shape index (κ1) is 5.88. The molecule has 2 N–H and O–H groups in total. The molecule has 0 rings (SSSR count). The zero-order valence-corrected chi connectivity index (χ0v) is 3.93. The molecule has 0 bridgehead atoms. The highest BCUT2D eigenvalue weighted by Gasteiger charge is 1.84. The number of hydrogen-bond acceptors (Lipinski definition) is 3. The molecular formula is C3H9NO2. The van der Waals surface area contributed by atoms with Crippen LogP contribution in [0, 0.1) is 0 Å². The summed E-state index contributed by atoms with van der Waals surface area (Å²) in [5.41, 5.74) is 1.57. The van der Waals surface area contributed by atoms with Gasteiger partial charge in [0, 0.05) is 0 Å². The molecule has 0 spiro atoms. The van der Waals surface area contributed by atoms with Gasteiger partial charge in [0.15, 0.2) is 0 Å². The van der Waals surface area contributed by atoms with E-state index in [0.29, 0.717) is 0 Å². The molecule has 0 amide bonds. The molecule has 38 valence electrons. The second-order valence-corrected chi connectivity index (χ2v) is 1.26. The molecule has 0 aliphatic rings. The van der Waals surface area contributed by atoms with Crippen LogP contribution >= 0.6 is 0 Å². The first-order valence-electron chi connectivity index (χ1n) is 1.82. The zero-order chi connectivity index (χ0) is 4.99. The van der Waals surface area contributed by atoms with Gasteiger partial charge in [-0.2, -0.15) is 0 Å². The Morgan fingerprint density at radius 1 is 1.67 bits per heavy atom. The monoisotopic (exact) mass is 91.1 g/mol. The predicted octanol–water partition coefficient (Wildman–Crippen LogP) is 0.305. The van der Waals surface area contributed by atoms with E-state index in [9.17, 15) is 0 Å². The van der Waals surface area contributed by atoms with Gasteiger partial charge in [-0.3, -0.25) is 10.0 Å². The molecule has 0 saturated carbocycles. The summed E-state index contributed by atoms with van der Waals surface area (Å²) < 4.78 is 0. The highest BCUT2D eigenvalue weighted by molar-refractivity contribution is 4.26. The van der Waals surface area contributed by atoms with Crippen molar-refractivity contribution in [3.8, 4) is 0 Å². The molecule has 0 unspecified atom stereocenters. The van der Waals surface area contributed by atoms with Gasteiger partial charge in [0.25, 0.3) is 0 Å². The van der Waals surface area contributed by atoms with E-state index in [4.69, 9.17) is 5.21 Å². The highest BCUT2D eigenvalue weighted by Crippen LogP contribution is 1.77. The smallest absolute Gasteiger partial charge is 0.0761 e. The van der Waals surface area contributed by atoms with Gasteiger partial charge in [-0.05, 0) is 13.8 Å². The van der Waals surface area contributed by atoms with Crippen molar-refractivity contribution < 1.29 is 10.0 Å². The average molecular weight is 91.1 g/mol. The summed E-state index contributed by atoms with van der Waals surface area (Å²) in [4.78, 5) is 4.35. The SMILES string of the molecule is CC(C)ONO. The fourth-order valence-electron chi connectivity index (χ4n) is 0.105. The molecule has 0 fully saturated rings. The molecule has 0 atom stereocenters. The van der Waals surface area contributed by atoms with Crippen molar-refractivity contribution in [1.29, 1.82) is 0 Å². The van der Waals surface area contributed by atoms with Crippen LogP contribution in [0.1, 0.15) is 13.8 Å². The quantitative estimate of drug-likeness (QED) is 0.480. The van der Waals surface area contributed by atoms with Crippen LogP contribution in [0.25, 0.3) is 0 Å². The molecule has 0 aliphatic carbocycles. The third kappa shape index (κ3) is 3.88. The maximum Gasteiger partial charge on any atom is 0.0761 e. The lowest BCUT2D eigenvalue weighted by atomic mass is 10.5. The standard InChI is InChI=1S/C3H9NO2/c1-3(2)6-4-5/h3-5H,1-2H3. The molecule has 0 heterocycles. The largest absolute Gasteiger partial charge is 0.292 e. The van der Waals surface area contributed by atoms with E-state index in [-0.39, 0.29) is 6.10 Å². The number of rotatable bonds is 2. The van der Waals surface area contributed by atoms with Crippen LogP contribution in [-0.2, 0) is 4.84 Å². The number of nitrogens with one attached hydrogen (secondary N) is 1. The van der Waals surface area contributed by atoms with Crippen molar-refractivity contribution in [2.24, 2.45) is 0 Å². The molecule has 0 aromatic heterocycles. The average Bonchev–Trinajstić information content (AvgIpc) is 1.35. The van der Waals surface area contributed by atoms with Crippen LogP contribution in [0.2, 0.25) is 0 Å². The molecule has 0 radical (unpaired) electrons. The van der Waals surface area contributed by atoms with Crippen molar-refractivity contribution in [3.05, 3.63) is 0 Å². The van der Waals surface area contributed by atoms with Crippen molar-refractivity contribution in [3.63, 3.8) is 0 Å². The van der Waals surface area contributed by atoms with E-state index in [1.165, 1.54) is 0 Å². The second kappa shape index (κ2) is 3.08. The summed E-state index contributed by atoms with van der Waals surface area (Å²) in [7, 11) is 0. The summed E-state index contributed by atoms with van der Waals surface area (Å²) in [6.07, 6.45) is 0.0370. The Labute approximate surface area is 36.8 Å². The lowest BCUT2D eigenvalue weighted by Gasteiger charge is -1.99. The lowest BCUT2D eigenvalue weighted by Crippen LogP contribution is -2.14. The third-order valence-corrected chi connectivity index (χ3v) is 0.288. The van der Waals surface area contributed by atoms with E-state index in [2.05, 4.69) is 4.84 Å². The normalized spacial score (nSPS) is 10.0. The molecule has 3 heteroatoms. The van der Waals surface area contributed by atoms with Crippen LogP contribution in [0.5, 0.6) is 0 Å². The first-order valence-corrected chi connectivity index (χ1v) is 1.82. The van der Waals surface area contributed by atoms with E-state index in [1.54, 1.807) is 5.64 Å². The molecule has 0 aliphatic heterocycles. The molecule has 3 nitrogen and oxygen atoms in total. The van der Waals surface area contributed by atoms with Gasteiger partial charge in [0.2, 0.25) is 0 Å². The highest BCUT2D eigenvalue weighted by atomic mass is 16.8. The van der Waals surface area contributed by atoms with E-state index in [0.717, 1.165) is 0 Å². The second-order valence-electron chi connectivity index (χ2n) is 1.26. The maximum absolute atomic E-state index is 7.76. The van der Waals surface area contributed by atoms with Crippen LogP contribution in [0.4, 0.5) is 0 Å². The molecule has 0 aromatic rings. The van der Waals surface area contributed by atoms with E-state index >= 15 is 0 Å². The predicted molar refractivity (Wildman–Crippen MR) is 21.1 cm³/mol. The fourth-order valence-corrected chi connectivity index (χ4v) is 0.105. The minimum atomic E-state index is 0.0370. The fraction of sp³-hybridized carbons (Fsp3) is 1.00. The summed E-state index contributed by atoms with van der Waals surface area (Å²) in [6, 6.07) is 0.